The van der Waals surface area contributed by atoms with Crippen molar-refractivity contribution in [2.24, 2.45) is 0 Å². The summed E-state index contributed by atoms with van der Waals surface area (Å²) in [6, 6.07) is 9.86. The number of carbonyl (C=O) groups is 3. The number of amides is 3. The highest BCUT2D eigenvalue weighted by Crippen LogP contribution is 2.18. The maximum Gasteiger partial charge on any atom is 0.410 e. The third-order valence-corrected chi connectivity index (χ3v) is 4.98. The molecular weight excluding hydrogens is 334 g/mol. The molecule has 2 aliphatic heterocycles. The molecular formula is C19H25N3O4. The standard InChI is InChI=1S/C19H25N3O4/c1-2-16-13-20(18(24)14-21-10-11-26-19(21)25)9-8-17(23)22(16)12-15-6-4-3-5-7-15/h3-7,16H,2,8-14H2,1H3/t16-/m0/s1. The van der Waals surface area contributed by atoms with Gasteiger partial charge in [0.1, 0.15) is 13.2 Å². The summed E-state index contributed by atoms with van der Waals surface area (Å²) in [5.41, 5.74) is 1.08. The van der Waals surface area contributed by atoms with Crippen LogP contribution in [0.5, 0.6) is 0 Å². The first-order valence-corrected chi connectivity index (χ1v) is 9.11. The summed E-state index contributed by atoms with van der Waals surface area (Å²) in [5.74, 6) is -0.0618. The minimum absolute atomic E-state index is 0.0160. The highest BCUT2D eigenvalue weighted by molar-refractivity contribution is 5.84. The van der Waals surface area contributed by atoms with E-state index in [-0.39, 0.29) is 24.4 Å². The Hall–Kier alpha value is -2.57. The zero-order chi connectivity index (χ0) is 18.5. The van der Waals surface area contributed by atoms with Crippen molar-refractivity contribution < 1.29 is 19.1 Å². The Balaban J connectivity index is 1.67. The van der Waals surface area contributed by atoms with E-state index >= 15 is 0 Å². The first-order valence-electron chi connectivity index (χ1n) is 9.11. The van der Waals surface area contributed by atoms with Crippen LogP contribution in [-0.2, 0) is 20.9 Å². The molecule has 7 heteroatoms. The van der Waals surface area contributed by atoms with Gasteiger partial charge in [0.25, 0.3) is 0 Å². The Kier molecular flexibility index (Phi) is 5.75. The van der Waals surface area contributed by atoms with E-state index in [1.807, 2.05) is 42.2 Å². The summed E-state index contributed by atoms with van der Waals surface area (Å²) < 4.78 is 4.88. The fourth-order valence-corrected chi connectivity index (χ4v) is 3.43. The number of carbonyl (C=O) groups excluding carboxylic acids is 3. The van der Waals surface area contributed by atoms with Gasteiger partial charge in [0.15, 0.2) is 0 Å². The number of hydrogen-bond acceptors (Lipinski definition) is 4. The molecule has 0 spiro atoms. The maximum absolute atomic E-state index is 12.7. The van der Waals surface area contributed by atoms with Crippen LogP contribution in [0.4, 0.5) is 4.79 Å². The van der Waals surface area contributed by atoms with Gasteiger partial charge in [-0.25, -0.2) is 4.79 Å². The summed E-state index contributed by atoms with van der Waals surface area (Å²) >= 11 is 0. The Morgan fingerprint density at radius 3 is 2.62 bits per heavy atom. The molecule has 2 saturated heterocycles. The number of nitrogens with zero attached hydrogens (tertiary/aromatic N) is 3. The summed E-state index contributed by atoms with van der Waals surface area (Å²) in [6.45, 7) is 4.25. The van der Waals surface area contributed by atoms with Gasteiger partial charge < -0.3 is 14.5 Å². The van der Waals surface area contributed by atoms with E-state index in [4.69, 9.17) is 4.74 Å². The lowest BCUT2D eigenvalue weighted by atomic mass is 10.1. The summed E-state index contributed by atoms with van der Waals surface area (Å²) in [6.07, 6.45) is 0.634. The second-order valence-corrected chi connectivity index (χ2v) is 6.69. The lowest BCUT2D eigenvalue weighted by Crippen LogP contribution is -2.46. The van der Waals surface area contributed by atoms with E-state index in [0.717, 1.165) is 12.0 Å². The number of benzene rings is 1. The van der Waals surface area contributed by atoms with Crippen LogP contribution in [0, 0.1) is 0 Å². The van der Waals surface area contributed by atoms with Gasteiger partial charge >= 0.3 is 6.09 Å². The molecule has 1 atom stereocenters. The van der Waals surface area contributed by atoms with E-state index < -0.39 is 6.09 Å². The average molecular weight is 359 g/mol. The molecule has 1 aromatic carbocycles. The molecule has 1 aromatic rings. The fourth-order valence-electron chi connectivity index (χ4n) is 3.43. The molecule has 0 radical (unpaired) electrons. The van der Waals surface area contributed by atoms with Crippen molar-refractivity contribution >= 4 is 17.9 Å². The molecule has 140 valence electrons. The predicted octanol–water partition coefficient (Wildman–Crippen LogP) is 1.48. The third kappa shape index (κ3) is 4.15. The quantitative estimate of drug-likeness (QED) is 0.798. The Morgan fingerprint density at radius 1 is 1.19 bits per heavy atom. The van der Waals surface area contributed by atoms with Crippen LogP contribution in [0.15, 0.2) is 30.3 Å². The first-order chi connectivity index (χ1) is 12.6. The van der Waals surface area contributed by atoms with E-state index in [1.54, 1.807) is 4.90 Å². The second-order valence-electron chi connectivity index (χ2n) is 6.69. The van der Waals surface area contributed by atoms with Crippen molar-refractivity contribution in [3.63, 3.8) is 0 Å². The highest BCUT2D eigenvalue weighted by Gasteiger charge is 2.32. The third-order valence-electron chi connectivity index (χ3n) is 4.98. The van der Waals surface area contributed by atoms with Gasteiger partial charge in [-0.05, 0) is 12.0 Å². The van der Waals surface area contributed by atoms with Crippen molar-refractivity contribution in [3.8, 4) is 0 Å². The van der Waals surface area contributed by atoms with Gasteiger partial charge in [-0.2, -0.15) is 0 Å². The van der Waals surface area contributed by atoms with E-state index in [9.17, 15) is 14.4 Å². The van der Waals surface area contributed by atoms with Crippen LogP contribution in [0.2, 0.25) is 0 Å². The number of rotatable bonds is 5. The van der Waals surface area contributed by atoms with Crippen LogP contribution in [-0.4, -0.2) is 71.4 Å². The lowest BCUT2D eigenvalue weighted by Gasteiger charge is -2.31. The van der Waals surface area contributed by atoms with Crippen LogP contribution in [0.1, 0.15) is 25.3 Å². The van der Waals surface area contributed by atoms with Crippen molar-refractivity contribution in [1.82, 2.24) is 14.7 Å². The fraction of sp³-hybridized carbons (Fsp3) is 0.526. The van der Waals surface area contributed by atoms with Crippen LogP contribution in [0.3, 0.4) is 0 Å². The lowest BCUT2D eigenvalue weighted by molar-refractivity contribution is -0.133. The SMILES string of the molecule is CC[C@H]1CN(C(=O)CN2CCOC2=O)CCC(=O)N1Cc1ccccc1. The molecule has 3 amide bonds. The molecule has 0 unspecified atom stereocenters. The van der Waals surface area contributed by atoms with Gasteiger partial charge in [0.05, 0.1) is 6.54 Å². The van der Waals surface area contributed by atoms with E-state index in [0.29, 0.717) is 39.2 Å². The monoisotopic (exact) mass is 359 g/mol. The molecule has 0 bridgehead atoms. The van der Waals surface area contributed by atoms with Crippen molar-refractivity contribution in [2.75, 3.05) is 32.8 Å². The smallest absolute Gasteiger partial charge is 0.410 e. The second kappa shape index (κ2) is 8.21. The molecule has 0 N–H and O–H groups in total. The zero-order valence-corrected chi connectivity index (χ0v) is 15.1. The Morgan fingerprint density at radius 2 is 1.96 bits per heavy atom. The normalized spacial score (nSPS) is 21.0. The highest BCUT2D eigenvalue weighted by atomic mass is 16.6. The Bertz CT molecular complexity index is 664. The van der Waals surface area contributed by atoms with Crippen molar-refractivity contribution in [1.29, 1.82) is 0 Å². The van der Waals surface area contributed by atoms with Gasteiger partial charge in [-0.15, -0.1) is 0 Å². The van der Waals surface area contributed by atoms with E-state index in [1.165, 1.54) is 4.90 Å². The number of ether oxygens (including phenoxy) is 1. The number of hydrogen-bond donors (Lipinski definition) is 0. The minimum atomic E-state index is -0.443. The number of cyclic esters (lactones) is 1. The van der Waals surface area contributed by atoms with E-state index in [2.05, 4.69) is 0 Å². The minimum Gasteiger partial charge on any atom is -0.448 e. The molecule has 0 aliphatic carbocycles. The van der Waals surface area contributed by atoms with Crippen molar-refractivity contribution in [3.05, 3.63) is 35.9 Å². The first kappa shape index (κ1) is 18.2. The molecule has 2 heterocycles. The van der Waals surface area contributed by atoms with Gasteiger partial charge in [-0.1, -0.05) is 37.3 Å². The molecule has 2 fully saturated rings. The average Bonchev–Trinajstić information content (AvgIpc) is 2.97. The molecule has 3 rings (SSSR count). The molecule has 0 saturated carbocycles. The summed E-state index contributed by atoms with van der Waals surface area (Å²) in [4.78, 5) is 41.9. The van der Waals surface area contributed by atoms with Crippen LogP contribution in [0.25, 0.3) is 0 Å². The van der Waals surface area contributed by atoms with Crippen LogP contribution < -0.4 is 0 Å². The van der Waals surface area contributed by atoms with Gasteiger partial charge in [-0.3, -0.25) is 14.5 Å². The van der Waals surface area contributed by atoms with Crippen LogP contribution >= 0.6 is 0 Å². The van der Waals surface area contributed by atoms with Gasteiger partial charge in [0.2, 0.25) is 11.8 Å². The summed E-state index contributed by atoms with van der Waals surface area (Å²) in [7, 11) is 0. The topological polar surface area (TPSA) is 70.2 Å². The maximum atomic E-state index is 12.7. The largest absolute Gasteiger partial charge is 0.448 e. The van der Waals surface area contributed by atoms with Crippen molar-refractivity contribution in [2.45, 2.75) is 32.4 Å². The zero-order valence-electron chi connectivity index (χ0n) is 15.1. The predicted molar refractivity (Wildman–Crippen MR) is 95.2 cm³/mol. The van der Waals surface area contributed by atoms with Gasteiger partial charge in [0, 0.05) is 32.1 Å². The Labute approximate surface area is 153 Å². The molecule has 0 aromatic heterocycles. The molecule has 26 heavy (non-hydrogen) atoms. The molecule has 7 nitrogen and oxygen atoms in total. The molecule has 2 aliphatic rings. The summed E-state index contributed by atoms with van der Waals surface area (Å²) in [5, 5.41) is 0.